The first-order valence-electron chi connectivity index (χ1n) is 7.70. The molecule has 0 bridgehead atoms. The standard InChI is InChI=1S/C17H18N2O5S/c1-3-23-12-7-9-13(10-8-12)25(21,22)18-14-5-4-6-15-17(14)24-11-16(20)19(15)2/h4-10,18H,3,11H2,1-2H3. The second kappa shape index (κ2) is 6.64. The molecule has 0 radical (unpaired) electrons. The van der Waals surface area contributed by atoms with Crippen LogP contribution in [0.1, 0.15) is 6.92 Å². The van der Waals surface area contributed by atoms with Crippen molar-refractivity contribution in [1.29, 1.82) is 0 Å². The summed E-state index contributed by atoms with van der Waals surface area (Å²) in [5, 5.41) is 0. The highest BCUT2D eigenvalue weighted by atomic mass is 32.2. The van der Waals surface area contributed by atoms with E-state index in [0.29, 0.717) is 23.8 Å². The van der Waals surface area contributed by atoms with E-state index in [9.17, 15) is 13.2 Å². The Bertz CT molecular complexity index is 894. The molecule has 7 nitrogen and oxygen atoms in total. The number of carbonyl (C=O) groups excluding carboxylic acids is 1. The lowest BCUT2D eigenvalue weighted by Crippen LogP contribution is -2.35. The van der Waals surface area contributed by atoms with Gasteiger partial charge in [-0.25, -0.2) is 8.42 Å². The molecule has 25 heavy (non-hydrogen) atoms. The van der Waals surface area contributed by atoms with Crippen molar-refractivity contribution in [2.45, 2.75) is 11.8 Å². The SMILES string of the molecule is CCOc1ccc(S(=O)(=O)Nc2cccc3c2OCC(=O)N3C)cc1. The van der Waals surface area contributed by atoms with Gasteiger partial charge in [0.25, 0.3) is 15.9 Å². The average molecular weight is 362 g/mol. The molecular formula is C17H18N2O5S. The molecule has 0 unspecified atom stereocenters. The molecule has 0 saturated carbocycles. The van der Waals surface area contributed by atoms with Gasteiger partial charge in [-0.2, -0.15) is 0 Å². The second-order valence-corrected chi connectivity index (χ2v) is 7.09. The fourth-order valence-electron chi connectivity index (χ4n) is 2.47. The zero-order valence-corrected chi connectivity index (χ0v) is 14.7. The van der Waals surface area contributed by atoms with Crippen LogP contribution in [0.25, 0.3) is 0 Å². The van der Waals surface area contributed by atoms with Gasteiger partial charge < -0.3 is 14.4 Å². The lowest BCUT2D eigenvalue weighted by molar-refractivity contribution is -0.120. The number of anilines is 2. The summed E-state index contributed by atoms with van der Waals surface area (Å²) >= 11 is 0. The number of hydrogen-bond acceptors (Lipinski definition) is 5. The summed E-state index contributed by atoms with van der Waals surface area (Å²) < 4.78 is 38.5. The van der Waals surface area contributed by atoms with E-state index in [1.54, 1.807) is 37.4 Å². The monoisotopic (exact) mass is 362 g/mol. The lowest BCUT2D eigenvalue weighted by atomic mass is 10.2. The summed E-state index contributed by atoms with van der Waals surface area (Å²) in [5.74, 6) is 0.736. The number of carbonyl (C=O) groups is 1. The second-order valence-electron chi connectivity index (χ2n) is 5.41. The Balaban J connectivity index is 1.90. The zero-order chi connectivity index (χ0) is 18.0. The van der Waals surface area contributed by atoms with Gasteiger partial charge in [0.1, 0.15) is 5.75 Å². The molecule has 1 N–H and O–H groups in total. The van der Waals surface area contributed by atoms with E-state index in [-0.39, 0.29) is 23.1 Å². The first kappa shape index (κ1) is 17.1. The molecule has 0 fully saturated rings. The third-order valence-electron chi connectivity index (χ3n) is 3.76. The third kappa shape index (κ3) is 3.39. The Morgan fingerprint density at radius 3 is 2.60 bits per heavy atom. The van der Waals surface area contributed by atoms with Gasteiger partial charge in [-0.3, -0.25) is 9.52 Å². The zero-order valence-electron chi connectivity index (χ0n) is 13.9. The number of ether oxygens (including phenoxy) is 2. The first-order chi connectivity index (χ1) is 11.9. The molecule has 2 aromatic rings. The van der Waals surface area contributed by atoms with Crippen LogP contribution in [0.3, 0.4) is 0 Å². The normalized spacial score (nSPS) is 13.8. The Kier molecular flexibility index (Phi) is 4.54. The summed E-state index contributed by atoms with van der Waals surface area (Å²) in [5.41, 5.74) is 0.800. The lowest BCUT2D eigenvalue weighted by Gasteiger charge is -2.27. The quantitative estimate of drug-likeness (QED) is 0.882. The van der Waals surface area contributed by atoms with E-state index in [1.165, 1.54) is 17.0 Å². The first-order valence-corrected chi connectivity index (χ1v) is 9.18. The van der Waals surface area contributed by atoms with Crippen molar-refractivity contribution in [3.05, 3.63) is 42.5 Å². The number of benzene rings is 2. The predicted molar refractivity (Wildman–Crippen MR) is 93.8 cm³/mol. The summed E-state index contributed by atoms with van der Waals surface area (Å²) in [4.78, 5) is 13.3. The maximum absolute atomic E-state index is 12.6. The van der Waals surface area contributed by atoms with E-state index in [2.05, 4.69) is 4.72 Å². The van der Waals surface area contributed by atoms with Crippen LogP contribution >= 0.6 is 0 Å². The van der Waals surface area contributed by atoms with Crippen LogP contribution in [0, 0.1) is 0 Å². The molecule has 132 valence electrons. The molecule has 3 rings (SSSR count). The third-order valence-corrected chi connectivity index (χ3v) is 5.14. The number of hydrogen-bond donors (Lipinski definition) is 1. The van der Waals surface area contributed by atoms with Gasteiger partial charge in [0.05, 0.1) is 22.9 Å². The van der Waals surface area contributed by atoms with Crippen molar-refractivity contribution in [3.63, 3.8) is 0 Å². The number of nitrogens with zero attached hydrogens (tertiary/aromatic N) is 1. The van der Waals surface area contributed by atoms with Crippen molar-refractivity contribution in [3.8, 4) is 11.5 Å². The van der Waals surface area contributed by atoms with Crippen molar-refractivity contribution >= 4 is 27.3 Å². The number of para-hydroxylation sites is 1. The Morgan fingerprint density at radius 1 is 1.20 bits per heavy atom. The molecule has 2 aromatic carbocycles. The van der Waals surface area contributed by atoms with Crippen LogP contribution in [0.5, 0.6) is 11.5 Å². The van der Waals surface area contributed by atoms with Crippen molar-refractivity contribution < 1.29 is 22.7 Å². The fourth-order valence-corrected chi connectivity index (χ4v) is 3.53. The minimum Gasteiger partial charge on any atom is -0.494 e. The van der Waals surface area contributed by atoms with Crippen molar-refractivity contribution in [2.75, 3.05) is 29.9 Å². The van der Waals surface area contributed by atoms with E-state index in [0.717, 1.165) is 0 Å². The van der Waals surface area contributed by atoms with E-state index in [4.69, 9.17) is 9.47 Å². The largest absolute Gasteiger partial charge is 0.494 e. The van der Waals surface area contributed by atoms with E-state index < -0.39 is 10.0 Å². The molecular weight excluding hydrogens is 344 g/mol. The number of fused-ring (bicyclic) bond motifs is 1. The molecule has 0 saturated heterocycles. The molecule has 8 heteroatoms. The van der Waals surface area contributed by atoms with E-state index in [1.807, 2.05) is 6.92 Å². The predicted octanol–water partition coefficient (Wildman–Crippen LogP) is 2.24. The highest BCUT2D eigenvalue weighted by Gasteiger charge is 2.26. The number of likely N-dealkylation sites (N-methyl/N-ethyl adjacent to an activating group) is 1. The maximum Gasteiger partial charge on any atom is 0.264 e. The topological polar surface area (TPSA) is 84.9 Å². The number of nitrogens with one attached hydrogen (secondary N) is 1. The summed E-state index contributed by atoms with van der Waals surface area (Å²) in [7, 11) is -2.18. The van der Waals surface area contributed by atoms with Crippen LogP contribution in [-0.2, 0) is 14.8 Å². The Hall–Kier alpha value is -2.74. The van der Waals surface area contributed by atoms with Gasteiger partial charge in [0, 0.05) is 7.05 Å². The smallest absolute Gasteiger partial charge is 0.264 e. The molecule has 0 spiro atoms. The molecule has 1 aliphatic heterocycles. The summed E-state index contributed by atoms with van der Waals surface area (Å²) in [6, 6.07) is 11.1. The Morgan fingerprint density at radius 2 is 1.92 bits per heavy atom. The number of rotatable bonds is 5. The van der Waals surface area contributed by atoms with Gasteiger partial charge in [-0.1, -0.05) is 6.07 Å². The highest BCUT2D eigenvalue weighted by molar-refractivity contribution is 7.92. The van der Waals surface area contributed by atoms with Crippen LogP contribution in [0.4, 0.5) is 11.4 Å². The molecule has 1 amide bonds. The van der Waals surface area contributed by atoms with E-state index >= 15 is 0 Å². The van der Waals surface area contributed by atoms with Gasteiger partial charge in [0.15, 0.2) is 12.4 Å². The minimum absolute atomic E-state index is 0.105. The Labute approximate surface area is 146 Å². The fraction of sp³-hybridized carbons (Fsp3) is 0.235. The van der Waals surface area contributed by atoms with Gasteiger partial charge >= 0.3 is 0 Å². The molecule has 0 atom stereocenters. The van der Waals surface area contributed by atoms with Crippen molar-refractivity contribution in [2.24, 2.45) is 0 Å². The molecule has 0 aliphatic carbocycles. The van der Waals surface area contributed by atoms with Gasteiger partial charge in [-0.15, -0.1) is 0 Å². The molecule has 1 heterocycles. The number of sulfonamides is 1. The minimum atomic E-state index is -3.80. The van der Waals surface area contributed by atoms with Crippen LogP contribution in [0.2, 0.25) is 0 Å². The van der Waals surface area contributed by atoms with Gasteiger partial charge in [-0.05, 0) is 43.3 Å². The highest BCUT2D eigenvalue weighted by Crippen LogP contribution is 2.38. The number of amides is 1. The van der Waals surface area contributed by atoms with Crippen LogP contribution in [0.15, 0.2) is 47.4 Å². The summed E-state index contributed by atoms with van der Waals surface area (Å²) in [6.45, 7) is 2.22. The molecule has 1 aliphatic rings. The van der Waals surface area contributed by atoms with Gasteiger partial charge in [0.2, 0.25) is 0 Å². The average Bonchev–Trinajstić information content (AvgIpc) is 2.59. The van der Waals surface area contributed by atoms with Crippen molar-refractivity contribution in [1.82, 2.24) is 0 Å². The van der Waals surface area contributed by atoms with Crippen LogP contribution in [-0.4, -0.2) is 34.6 Å². The summed E-state index contributed by atoms with van der Waals surface area (Å²) in [6.07, 6.45) is 0. The van der Waals surface area contributed by atoms with Crippen LogP contribution < -0.4 is 19.1 Å². The molecule has 0 aromatic heterocycles. The maximum atomic E-state index is 12.6.